The minimum absolute atomic E-state index is 0.0435. The average Bonchev–Trinajstić information content (AvgIpc) is 2.64. The van der Waals surface area contributed by atoms with Crippen LogP contribution in [0.4, 0.5) is 0 Å². The Hall–Kier alpha value is -1.46. The Balaban J connectivity index is 2.15. The van der Waals surface area contributed by atoms with Crippen LogP contribution in [0.1, 0.15) is 6.92 Å². The third-order valence-corrected chi connectivity index (χ3v) is 2.34. The third-order valence-electron chi connectivity index (χ3n) is 2.34. The van der Waals surface area contributed by atoms with Gasteiger partial charge in [-0.15, -0.1) is 0 Å². The van der Waals surface area contributed by atoms with Crippen LogP contribution >= 0.6 is 0 Å². The van der Waals surface area contributed by atoms with Crippen LogP contribution in [0.5, 0.6) is 0 Å². The lowest BCUT2D eigenvalue weighted by atomic mass is 10.0. The van der Waals surface area contributed by atoms with Crippen molar-refractivity contribution in [2.75, 3.05) is 6.79 Å². The van der Waals surface area contributed by atoms with Gasteiger partial charge in [-0.3, -0.25) is 10.1 Å². The molecule has 0 N–H and O–H groups in total. The van der Waals surface area contributed by atoms with Gasteiger partial charge in [0.15, 0.2) is 0 Å². The molecule has 2 rings (SSSR count). The molecule has 0 aromatic carbocycles. The molecule has 1 aliphatic heterocycles. The summed E-state index contributed by atoms with van der Waals surface area (Å²) in [6, 6.07) is 0. The first-order valence-electron chi connectivity index (χ1n) is 4.63. The number of rotatable bonds is 2. The molecular weight excluding hydrogens is 198 g/mol. The summed E-state index contributed by atoms with van der Waals surface area (Å²) in [6.45, 7) is 1.74. The Kier molecular flexibility index (Phi) is 2.66. The van der Waals surface area contributed by atoms with E-state index in [-0.39, 0.29) is 24.7 Å². The highest BCUT2D eigenvalue weighted by Gasteiger charge is 2.27. The van der Waals surface area contributed by atoms with E-state index in [9.17, 15) is 10.1 Å². The van der Waals surface area contributed by atoms with Crippen LogP contribution in [0.3, 0.4) is 0 Å². The molecule has 1 heterocycles. The van der Waals surface area contributed by atoms with Gasteiger partial charge in [-0.1, -0.05) is 12.2 Å². The number of hydrogen-bond donors (Lipinski definition) is 0. The summed E-state index contributed by atoms with van der Waals surface area (Å²) in [7, 11) is 0. The van der Waals surface area contributed by atoms with Crippen LogP contribution in [0.25, 0.3) is 0 Å². The highest BCUT2D eigenvalue weighted by atomic mass is 16.7. The molecule has 2 atom stereocenters. The predicted molar refractivity (Wildman–Crippen MR) is 52.6 cm³/mol. The van der Waals surface area contributed by atoms with Gasteiger partial charge < -0.3 is 9.47 Å². The molecule has 0 radical (unpaired) electrons. The van der Waals surface area contributed by atoms with Gasteiger partial charge in [0.1, 0.15) is 19.0 Å². The molecule has 0 aromatic rings. The molecule has 15 heavy (non-hydrogen) atoms. The number of nitrogens with zero attached hydrogens (tertiary/aromatic N) is 1. The van der Waals surface area contributed by atoms with Gasteiger partial charge in [0.25, 0.3) is 0 Å². The maximum Gasteiger partial charge on any atom is 0.243 e. The zero-order valence-electron chi connectivity index (χ0n) is 8.25. The van der Waals surface area contributed by atoms with Crippen molar-refractivity contribution in [3.63, 3.8) is 0 Å². The highest BCUT2D eigenvalue weighted by Crippen LogP contribution is 2.23. The second-order valence-electron chi connectivity index (χ2n) is 3.45. The molecule has 1 fully saturated rings. The van der Waals surface area contributed by atoms with Gasteiger partial charge in [-0.2, -0.15) is 0 Å². The summed E-state index contributed by atoms with van der Waals surface area (Å²) in [4.78, 5) is 10.0. The Bertz CT molecular complexity index is 370. The van der Waals surface area contributed by atoms with E-state index in [1.54, 1.807) is 0 Å². The molecule has 0 aromatic heterocycles. The van der Waals surface area contributed by atoms with Crippen LogP contribution in [0.15, 0.2) is 35.6 Å². The van der Waals surface area contributed by atoms with E-state index in [0.717, 1.165) is 5.57 Å². The van der Waals surface area contributed by atoms with Crippen molar-refractivity contribution in [1.82, 2.24) is 0 Å². The second kappa shape index (κ2) is 3.96. The minimum atomic E-state index is -0.410. The maximum atomic E-state index is 10.4. The van der Waals surface area contributed by atoms with Gasteiger partial charge in [-0.05, 0) is 11.6 Å². The highest BCUT2D eigenvalue weighted by molar-refractivity contribution is 5.37. The number of nitro groups is 1. The molecule has 1 saturated heterocycles. The molecule has 1 aliphatic carbocycles. The predicted octanol–water partition coefficient (Wildman–Crippen LogP) is 1.40. The molecule has 0 spiro atoms. The van der Waals surface area contributed by atoms with Crippen LogP contribution in [0, 0.1) is 10.1 Å². The van der Waals surface area contributed by atoms with Crippen LogP contribution < -0.4 is 0 Å². The van der Waals surface area contributed by atoms with E-state index in [2.05, 4.69) is 0 Å². The largest absolute Gasteiger partial charge is 0.345 e. The van der Waals surface area contributed by atoms with E-state index in [0.29, 0.717) is 0 Å². The summed E-state index contributed by atoms with van der Waals surface area (Å²) in [5.74, 6) is 0. The van der Waals surface area contributed by atoms with Gasteiger partial charge >= 0.3 is 0 Å². The zero-order chi connectivity index (χ0) is 10.8. The molecule has 5 heteroatoms. The maximum absolute atomic E-state index is 10.4. The average molecular weight is 209 g/mol. The van der Waals surface area contributed by atoms with E-state index in [1.807, 2.05) is 18.2 Å². The second-order valence-corrected chi connectivity index (χ2v) is 3.45. The Morgan fingerprint density at radius 3 is 3.07 bits per heavy atom. The quantitative estimate of drug-likeness (QED) is 0.509. The number of hydrogen-bond acceptors (Lipinski definition) is 4. The minimum Gasteiger partial charge on any atom is -0.345 e. The van der Waals surface area contributed by atoms with Gasteiger partial charge in [-0.25, -0.2) is 0 Å². The van der Waals surface area contributed by atoms with E-state index in [1.165, 1.54) is 13.0 Å². The summed E-state index contributed by atoms with van der Waals surface area (Å²) >= 11 is 0. The molecule has 80 valence electrons. The Morgan fingerprint density at radius 2 is 2.33 bits per heavy atom. The monoisotopic (exact) mass is 209 g/mol. The molecule has 2 aliphatic rings. The summed E-state index contributed by atoms with van der Waals surface area (Å²) in [5, 5.41) is 10.4. The van der Waals surface area contributed by atoms with Gasteiger partial charge in [0.2, 0.25) is 5.70 Å². The normalized spacial score (nSPS) is 29.9. The van der Waals surface area contributed by atoms with E-state index in [4.69, 9.17) is 9.47 Å². The van der Waals surface area contributed by atoms with Crippen LogP contribution in [-0.4, -0.2) is 23.9 Å². The first-order chi connectivity index (χ1) is 7.16. The fourth-order valence-electron chi connectivity index (χ4n) is 1.54. The van der Waals surface area contributed by atoms with Crippen LogP contribution in [0.2, 0.25) is 0 Å². The van der Waals surface area contributed by atoms with Crippen molar-refractivity contribution >= 4 is 0 Å². The molecule has 0 saturated carbocycles. The van der Waals surface area contributed by atoms with Crippen molar-refractivity contribution in [1.29, 1.82) is 0 Å². The number of allylic oxidation sites excluding steroid dienone is 4. The lowest BCUT2D eigenvalue weighted by molar-refractivity contribution is -0.424. The first-order valence-corrected chi connectivity index (χ1v) is 4.63. The Morgan fingerprint density at radius 1 is 1.60 bits per heavy atom. The standard InChI is InChI=1S/C10H11NO4/c1-7(11(12)13)4-8-2-3-9-10(5-8)15-6-14-9/h2-5,9-10H,6H2,1H3/b7-4+. The molecule has 0 amide bonds. The van der Waals surface area contributed by atoms with Gasteiger partial charge in [0.05, 0.1) is 4.92 Å². The topological polar surface area (TPSA) is 61.6 Å². The summed E-state index contributed by atoms with van der Waals surface area (Å²) in [6.07, 6.45) is 6.87. The zero-order valence-corrected chi connectivity index (χ0v) is 8.25. The van der Waals surface area contributed by atoms with Crippen molar-refractivity contribution < 1.29 is 14.4 Å². The fourth-order valence-corrected chi connectivity index (χ4v) is 1.54. The first kappa shape index (κ1) is 10.1. The van der Waals surface area contributed by atoms with Crippen molar-refractivity contribution in [3.05, 3.63) is 45.7 Å². The molecule has 2 unspecified atom stereocenters. The molecular formula is C10H11NO4. The lowest BCUT2D eigenvalue weighted by Crippen LogP contribution is -2.20. The summed E-state index contributed by atoms with van der Waals surface area (Å²) < 4.78 is 10.5. The molecule has 0 bridgehead atoms. The lowest BCUT2D eigenvalue weighted by Gasteiger charge is -2.14. The van der Waals surface area contributed by atoms with Crippen molar-refractivity contribution in [2.45, 2.75) is 19.1 Å². The summed E-state index contributed by atoms with van der Waals surface area (Å²) in [5.41, 5.74) is 0.902. The number of fused-ring (bicyclic) bond motifs is 1. The Labute approximate surface area is 86.8 Å². The number of ether oxygens (including phenoxy) is 2. The van der Waals surface area contributed by atoms with Gasteiger partial charge in [0, 0.05) is 13.0 Å². The van der Waals surface area contributed by atoms with Crippen LogP contribution in [-0.2, 0) is 9.47 Å². The fraction of sp³-hybridized carbons (Fsp3) is 0.400. The van der Waals surface area contributed by atoms with Crippen molar-refractivity contribution in [3.8, 4) is 0 Å². The third kappa shape index (κ3) is 2.14. The smallest absolute Gasteiger partial charge is 0.243 e. The van der Waals surface area contributed by atoms with Crippen molar-refractivity contribution in [2.24, 2.45) is 0 Å². The van der Waals surface area contributed by atoms with E-state index < -0.39 is 4.92 Å². The van der Waals surface area contributed by atoms with E-state index >= 15 is 0 Å². The SMILES string of the molecule is C/C(=C\C1=CC2OCOC2C=C1)[N+](=O)[O-]. The molecule has 5 nitrogen and oxygen atoms in total.